The molecule has 22 heavy (non-hydrogen) atoms. The Kier molecular flexibility index (Phi) is 4.65. The van der Waals surface area contributed by atoms with Crippen LogP contribution < -0.4 is 5.82 Å². The summed E-state index contributed by atoms with van der Waals surface area (Å²) >= 11 is 0. The molecular formula is C15H18N2O5. The van der Waals surface area contributed by atoms with Crippen molar-refractivity contribution in [1.29, 1.82) is 0 Å². The highest BCUT2D eigenvalue weighted by molar-refractivity contribution is 5.92. The number of nitrogens with one attached hydrogen (secondary N) is 1. The second-order valence-electron chi connectivity index (χ2n) is 4.95. The van der Waals surface area contributed by atoms with Gasteiger partial charge in [0.25, 0.3) is 0 Å². The number of allylic oxidation sites excluding steroid dienone is 1. The number of aromatic nitrogens is 2. The first-order valence-corrected chi connectivity index (χ1v) is 6.93. The van der Waals surface area contributed by atoms with Crippen LogP contribution in [0.1, 0.15) is 53.8 Å². The summed E-state index contributed by atoms with van der Waals surface area (Å²) in [5, 5.41) is 0. The van der Waals surface area contributed by atoms with Gasteiger partial charge in [-0.05, 0) is 25.8 Å². The fourth-order valence-electron chi connectivity index (χ4n) is 1.94. The van der Waals surface area contributed by atoms with Crippen LogP contribution >= 0.6 is 0 Å². The van der Waals surface area contributed by atoms with E-state index in [2.05, 4.69) is 16.5 Å². The number of ether oxygens (including phenoxy) is 1. The Morgan fingerprint density at radius 3 is 2.68 bits per heavy atom. The number of hydrogen-bond acceptors (Lipinski definition) is 6. The number of imidazole rings is 1. The number of esters is 1. The molecule has 0 spiro atoms. The van der Waals surface area contributed by atoms with E-state index in [-0.39, 0.29) is 23.8 Å². The maximum atomic E-state index is 12.2. The van der Waals surface area contributed by atoms with Crippen LogP contribution in [0.4, 0.5) is 0 Å². The third-order valence-corrected chi connectivity index (χ3v) is 3.02. The van der Waals surface area contributed by atoms with Gasteiger partial charge in [0, 0.05) is 6.42 Å². The minimum Gasteiger partial charge on any atom is -0.453 e. The standard InChI is InChI=1S/C15H18N2O5/c1-5-6-11-16-12(8(2)3)13(17-11)14(18)20-7-10-9(4)21-15(19)22-10/h2,5-7H2,1,3-4H3,(H,16,17). The summed E-state index contributed by atoms with van der Waals surface area (Å²) in [5.74, 6) is -0.231. The fraction of sp³-hybridized carbons (Fsp3) is 0.400. The van der Waals surface area contributed by atoms with Crippen LogP contribution in [0.15, 0.2) is 20.2 Å². The zero-order valence-electron chi connectivity index (χ0n) is 12.8. The van der Waals surface area contributed by atoms with Crippen molar-refractivity contribution in [3.8, 4) is 0 Å². The van der Waals surface area contributed by atoms with Crippen molar-refractivity contribution in [3.05, 3.63) is 45.9 Å². The van der Waals surface area contributed by atoms with Crippen molar-refractivity contribution < 1.29 is 18.4 Å². The number of carbonyl (C=O) groups is 1. The Labute approximate surface area is 127 Å². The third-order valence-electron chi connectivity index (χ3n) is 3.02. The van der Waals surface area contributed by atoms with Gasteiger partial charge < -0.3 is 18.6 Å². The molecule has 0 aliphatic carbocycles. The summed E-state index contributed by atoms with van der Waals surface area (Å²) in [4.78, 5) is 30.4. The van der Waals surface area contributed by atoms with Crippen LogP contribution in [0.5, 0.6) is 0 Å². The summed E-state index contributed by atoms with van der Waals surface area (Å²) in [6, 6.07) is 0. The van der Waals surface area contributed by atoms with Crippen molar-refractivity contribution in [2.75, 3.05) is 0 Å². The molecular weight excluding hydrogens is 288 g/mol. The topological polar surface area (TPSA) is 98.3 Å². The molecule has 0 atom stereocenters. The highest BCUT2D eigenvalue weighted by Crippen LogP contribution is 2.18. The number of carbonyl (C=O) groups excluding carboxylic acids is 1. The molecule has 2 rings (SSSR count). The molecule has 0 saturated carbocycles. The van der Waals surface area contributed by atoms with Crippen LogP contribution in [0.3, 0.4) is 0 Å². The summed E-state index contributed by atoms with van der Waals surface area (Å²) < 4.78 is 14.6. The minimum absolute atomic E-state index is 0.184. The largest absolute Gasteiger partial charge is 0.519 e. The van der Waals surface area contributed by atoms with Gasteiger partial charge in [0.05, 0.1) is 5.69 Å². The fourth-order valence-corrected chi connectivity index (χ4v) is 1.94. The lowest BCUT2D eigenvalue weighted by molar-refractivity contribution is 0.0436. The Morgan fingerprint density at radius 1 is 1.41 bits per heavy atom. The predicted molar refractivity (Wildman–Crippen MR) is 78.4 cm³/mol. The lowest BCUT2D eigenvalue weighted by Gasteiger charge is -2.03. The first-order chi connectivity index (χ1) is 10.4. The molecule has 0 aliphatic rings. The molecule has 0 amide bonds. The van der Waals surface area contributed by atoms with Crippen molar-refractivity contribution in [2.45, 2.75) is 40.2 Å². The van der Waals surface area contributed by atoms with Gasteiger partial charge in [0.15, 0.2) is 23.8 Å². The number of H-pyrrole nitrogens is 1. The van der Waals surface area contributed by atoms with Crippen molar-refractivity contribution in [1.82, 2.24) is 9.97 Å². The van der Waals surface area contributed by atoms with E-state index in [1.165, 1.54) is 0 Å². The van der Waals surface area contributed by atoms with Gasteiger partial charge in [-0.15, -0.1) is 0 Å². The molecule has 0 unspecified atom stereocenters. The van der Waals surface area contributed by atoms with Crippen molar-refractivity contribution in [2.24, 2.45) is 0 Å². The average molecular weight is 306 g/mol. The van der Waals surface area contributed by atoms with E-state index < -0.39 is 11.8 Å². The lowest BCUT2D eigenvalue weighted by Crippen LogP contribution is -2.08. The molecule has 0 fully saturated rings. The van der Waals surface area contributed by atoms with Crippen molar-refractivity contribution >= 4 is 11.5 Å². The third kappa shape index (κ3) is 3.36. The molecule has 2 aromatic heterocycles. The molecule has 0 radical (unpaired) electrons. The highest BCUT2D eigenvalue weighted by atomic mass is 16.6. The molecule has 7 heteroatoms. The second-order valence-corrected chi connectivity index (χ2v) is 4.95. The summed E-state index contributed by atoms with van der Waals surface area (Å²) in [6.45, 7) is 8.97. The Hall–Kier alpha value is -2.57. The molecule has 2 heterocycles. The predicted octanol–water partition coefficient (Wildman–Crippen LogP) is 2.61. The van der Waals surface area contributed by atoms with Gasteiger partial charge >= 0.3 is 11.8 Å². The van der Waals surface area contributed by atoms with Crippen molar-refractivity contribution in [3.63, 3.8) is 0 Å². The molecule has 7 nitrogen and oxygen atoms in total. The molecule has 2 aromatic rings. The van der Waals surface area contributed by atoms with Gasteiger partial charge in [-0.1, -0.05) is 13.5 Å². The van der Waals surface area contributed by atoms with Crippen LogP contribution in [-0.2, 0) is 17.8 Å². The number of nitrogens with zero attached hydrogens (tertiary/aromatic N) is 1. The van der Waals surface area contributed by atoms with E-state index in [1.54, 1.807) is 13.8 Å². The van der Waals surface area contributed by atoms with E-state index >= 15 is 0 Å². The van der Waals surface area contributed by atoms with Gasteiger partial charge in [0.1, 0.15) is 5.82 Å². The lowest BCUT2D eigenvalue weighted by atomic mass is 10.2. The smallest absolute Gasteiger partial charge is 0.453 e. The van der Waals surface area contributed by atoms with Crippen LogP contribution in [0.2, 0.25) is 0 Å². The molecule has 0 saturated heterocycles. The number of hydrogen-bond donors (Lipinski definition) is 1. The second kappa shape index (κ2) is 6.46. The Morgan fingerprint density at radius 2 is 2.14 bits per heavy atom. The van der Waals surface area contributed by atoms with Gasteiger partial charge in [0.2, 0.25) is 0 Å². The van der Waals surface area contributed by atoms with Crippen LogP contribution in [0.25, 0.3) is 5.57 Å². The van der Waals surface area contributed by atoms with Gasteiger partial charge in [-0.3, -0.25) is 0 Å². The normalized spacial score (nSPS) is 10.7. The monoisotopic (exact) mass is 306 g/mol. The summed E-state index contributed by atoms with van der Waals surface area (Å²) in [5.41, 5.74) is 1.40. The Balaban J connectivity index is 2.16. The van der Waals surface area contributed by atoms with E-state index in [4.69, 9.17) is 13.6 Å². The molecule has 0 bridgehead atoms. The first-order valence-electron chi connectivity index (χ1n) is 6.93. The highest BCUT2D eigenvalue weighted by Gasteiger charge is 2.20. The van der Waals surface area contributed by atoms with Gasteiger partial charge in [-0.2, -0.15) is 0 Å². The van der Waals surface area contributed by atoms with Crippen LogP contribution in [-0.4, -0.2) is 15.9 Å². The van der Waals surface area contributed by atoms with E-state index in [9.17, 15) is 9.59 Å². The zero-order valence-corrected chi connectivity index (χ0v) is 12.8. The zero-order chi connectivity index (χ0) is 16.3. The molecule has 1 N–H and O–H groups in total. The number of aryl methyl sites for hydroxylation is 2. The number of aromatic amines is 1. The van der Waals surface area contributed by atoms with Crippen LogP contribution in [0, 0.1) is 6.92 Å². The van der Waals surface area contributed by atoms with E-state index in [0.717, 1.165) is 12.8 Å². The summed E-state index contributed by atoms with van der Waals surface area (Å²) in [6.07, 6.45) is 1.63. The molecule has 0 aliphatic heterocycles. The quantitative estimate of drug-likeness (QED) is 0.824. The molecule has 118 valence electrons. The SMILES string of the molecule is C=C(C)c1nc(CCC)[nH]c1C(=O)OCc1oc(=O)oc1C. The van der Waals surface area contributed by atoms with E-state index in [0.29, 0.717) is 17.1 Å². The van der Waals surface area contributed by atoms with E-state index in [1.807, 2.05) is 6.92 Å². The van der Waals surface area contributed by atoms with Gasteiger partial charge in [-0.25, -0.2) is 14.6 Å². The maximum Gasteiger partial charge on any atom is 0.519 e. The average Bonchev–Trinajstić information content (AvgIpc) is 3.00. The summed E-state index contributed by atoms with van der Waals surface area (Å²) in [7, 11) is 0. The maximum absolute atomic E-state index is 12.2. The first kappa shape index (κ1) is 15.8. The Bertz CT molecular complexity index is 750. The number of rotatable bonds is 6. The molecule has 0 aromatic carbocycles. The minimum atomic E-state index is -0.821.